The zero-order valence-electron chi connectivity index (χ0n) is 14.8. The third-order valence-corrected chi connectivity index (χ3v) is 5.15. The molecule has 1 aromatic heterocycles. The third-order valence-electron chi connectivity index (χ3n) is 5.15. The van der Waals surface area contributed by atoms with Crippen molar-refractivity contribution in [2.45, 2.75) is 38.5 Å². The van der Waals surface area contributed by atoms with Gasteiger partial charge in [0.05, 0.1) is 5.52 Å². The lowest BCUT2D eigenvalue weighted by Crippen LogP contribution is -2.12. The summed E-state index contributed by atoms with van der Waals surface area (Å²) in [5.74, 6) is -0.119. The molecule has 3 N–H and O–H groups in total. The Labute approximate surface area is 153 Å². The summed E-state index contributed by atoms with van der Waals surface area (Å²) < 4.78 is 0. The van der Waals surface area contributed by atoms with Crippen molar-refractivity contribution < 1.29 is 10.2 Å². The Balaban J connectivity index is 1.50. The fourth-order valence-corrected chi connectivity index (χ4v) is 3.80. The second-order valence-electron chi connectivity index (χ2n) is 6.99. The number of benzene rings is 2. The number of aromatic nitrogens is 1. The number of aromatic hydroxyl groups is 2. The van der Waals surface area contributed by atoms with Crippen molar-refractivity contribution in [2.24, 2.45) is 0 Å². The number of nitrogens with one attached hydrogen (secondary N) is 1. The zero-order chi connectivity index (χ0) is 17.9. The molecule has 26 heavy (non-hydrogen) atoms. The molecule has 0 bridgehead atoms. The number of rotatable bonds is 5. The average molecular weight is 348 g/mol. The molecule has 0 atom stereocenters. The molecule has 0 amide bonds. The van der Waals surface area contributed by atoms with E-state index >= 15 is 0 Å². The molecule has 1 heterocycles. The van der Waals surface area contributed by atoms with E-state index in [1.165, 1.54) is 35.2 Å². The second kappa shape index (κ2) is 7.24. The molecule has 3 aromatic rings. The van der Waals surface area contributed by atoms with E-state index < -0.39 is 0 Å². The van der Waals surface area contributed by atoms with Gasteiger partial charge in [-0.3, -0.25) is 4.98 Å². The van der Waals surface area contributed by atoms with E-state index in [2.05, 4.69) is 23.5 Å². The maximum absolute atomic E-state index is 9.61. The van der Waals surface area contributed by atoms with Crippen LogP contribution >= 0.6 is 0 Å². The van der Waals surface area contributed by atoms with Gasteiger partial charge in [-0.05, 0) is 67.9 Å². The number of hydrogen-bond acceptors (Lipinski definition) is 4. The molecular formula is C22H24N2O2. The van der Waals surface area contributed by atoms with Crippen molar-refractivity contribution in [3.05, 3.63) is 59.3 Å². The van der Waals surface area contributed by atoms with Crippen LogP contribution in [0.3, 0.4) is 0 Å². The van der Waals surface area contributed by atoms with Crippen LogP contribution in [0.15, 0.2) is 42.5 Å². The number of aryl methyl sites for hydroxylation is 2. The summed E-state index contributed by atoms with van der Waals surface area (Å²) in [5, 5.41) is 23.9. The summed E-state index contributed by atoms with van der Waals surface area (Å²) in [7, 11) is 0. The SMILES string of the molecule is Oc1ccc(CCCNc2c3c(nc4ccccc24)CCCC3)cc1O. The summed E-state index contributed by atoms with van der Waals surface area (Å²) in [6.45, 7) is 0.863. The number of nitrogens with zero attached hydrogens (tertiary/aromatic N) is 1. The van der Waals surface area contributed by atoms with Gasteiger partial charge in [-0.2, -0.15) is 0 Å². The highest BCUT2D eigenvalue weighted by Crippen LogP contribution is 2.33. The van der Waals surface area contributed by atoms with Crippen LogP contribution in [0.2, 0.25) is 0 Å². The van der Waals surface area contributed by atoms with Gasteiger partial charge in [0.2, 0.25) is 0 Å². The molecule has 0 spiro atoms. The number of phenolic OH excluding ortho intramolecular Hbond substituents is 2. The van der Waals surface area contributed by atoms with Gasteiger partial charge < -0.3 is 15.5 Å². The van der Waals surface area contributed by atoms with Gasteiger partial charge in [-0.15, -0.1) is 0 Å². The first-order valence-corrected chi connectivity index (χ1v) is 9.37. The Morgan fingerprint density at radius 3 is 2.69 bits per heavy atom. The van der Waals surface area contributed by atoms with Gasteiger partial charge >= 0.3 is 0 Å². The Bertz CT molecular complexity index is 937. The largest absolute Gasteiger partial charge is 0.504 e. The van der Waals surface area contributed by atoms with Crippen LogP contribution in [0.1, 0.15) is 36.1 Å². The summed E-state index contributed by atoms with van der Waals surface area (Å²) in [4.78, 5) is 4.88. The van der Waals surface area contributed by atoms with Crippen LogP contribution in [-0.2, 0) is 19.3 Å². The summed E-state index contributed by atoms with van der Waals surface area (Å²) in [6, 6.07) is 13.4. The lowest BCUT2D eigenvalue weighted by molar-refractivity contribution is 0.403. The first kappa shape index (κ1) is 16.7. The van der Waals surface area contributed by atoms with E-state index in [-0.39, 0.29) is 11.5 Å². The van der Waals surface area contributed by atoms with Crippen molar-refractivity contribution in [3.63, 3.8) is 0 Å². The van der Waals surface area contributed by atoms with Crippen molar-refractivity contribution in [3.8, 4) is 11.5 Å². The van der Waals surface area contributed by atoms with Gasteiger partial charge in [-0.25, -0.2) is 0 Å². The summed E-state index contributed by atoms with van der Waals surface area (Å²) in [5.41, 5.74) is 5.99. The van der Waals surface area contributed by atoms with Gasteiger partial charge in [0.15, 0.2) is 11.5 Å². The normalized spacial score (nSPS) is 13.5. The number of anilines is 1. The number of phenols is 2. The molecule has 4 nitrogen and oxygen atoms in total. The first-order chi connectivity index (χ1) is 12.7. The zero-order valence-corrected chi connectivity index (χ0v) is 14.8. The van der Waals surface area contributed by atoms with E-state index in [1.54, 1.807) is 12.1 Å². The number of fused-ring (bicyclic) bond motifs is 2. The molecule has 2 aromatic carbocycles. The molecule has 0 saturated heterocycles. The minimum Gasteiger partial charge on any atom is -0.504 e. The van der Waals surface area contributed by atoms with Crippen molar-refractivity contribution in [1.29, 1.82) is 0 Å². The van der Waals surface area contributed by atoms with Gasteiger partial charge in [0.25, 0.3) is 0 Å². The molecule has 0 saturated carbocycles. The van der Waals surface area contributed by atoms with Crippen LogP contribution in [-0.4, -0.2) is 21.7 Å². The van der Waals surface area contributed by atoms with Crippen molar-refractivity contribution in [1.82, 2.24) is 4.98 Å². The quantitative estimate of drug-likeness (QED) is 0.467. The Morgan fingerprint density at radius 2 is 1.81 bits per heavy atom. The van der Waals surface area contributed by atoms with Crippen LogP contribution < -0.4 is 5.32 Å². The average Bonchev–Trinajstić information content (AvgIpc) is 2.67. The van der Waals surface area contributed by atoms with Gasteiger partial charge in [0.1, 0.15) is 0 Å². The molecule has 134 valence electrons. The maximum atomic E-state index is 9.61. The lowest BCUT2D eigenvalue weighted by Gasteiger charge is -2.21. The first-order valence-electron chi connectivity index (χ1n) is 9.37. The molecule has 0 fully saturated rings. The standard InChI is InChI=1S/C22H24N2O2/c25-20-12-11-15(14-21(20)26)6-5-13-23-22-16-7-1-3-9-18(16)24-19-10-4-2-8-17(19)22/h1,3,7,9,11-12,14,25-26H,2,4-6,8,10,13H2,(H,23,24). The predicted molar refractivity (Wildman–Crippen MR) is 105 cm³/mol. The van der Waals surface area contributed by atoms with Crippen LogP contribution in [0.25, 0.3) is 10.9 Å². The Morgan fingerprint density at radius 1 is 0.962 bits per heavy atom. The number of pyridine rings is 1. The van der Waals surface area contributed by atoms with E-state index in [0.717, 1.165) is 43.3 Å². The third kappa shape index (κ3) is 3.32. The van der Waals surface area contributed by atoms with Crippen LogP contribution in [0.4, 0.5) is 5.69 Å². The fraction of sp³-hybridized carbons (Fsp3) is 0.318. The molecule has 0 aliphatic heterocycles. The number of para-hydroxylation sites is 1. The summed E-state index contributed by atoms with van der Waals surface area (Å²) in [6.07, 6.45) is 6.43. The summed E-state index contributed by atoms with van der Waals surface area (Å²) >= 11 is 0. The number of hydrogen-bond donors (Lipinski definition) is 3. The highest BCUT2D eigenvalue weighted by atomic mass is 16.3. The minimum absolute atomic E-state index is 0.0512. The minimum atomic E-state index is -0.0678. The van der Waals surface area contributed by atoms with E-state index in [4.69, 9.17) is 4.98 Å². The highest BCUT2D eigenvalue weighted by molar-refractivity contribution is 5.93. The molecule has 4 heteroatoms. The van der Waals surface area contributed by atoms with Crippen molar-refractivity contribution in [2.75, 3.05) is 11.9 Å². The fourth-order valence-electron chi connectivity index (χ4n) is 3.80. The Kier molecular flexibility index (Phi) is 4.65. The molecule has 1 aliphatic rings. The van der Waals surface area contributed by atoms with Gasteiger partial charge in [-0.1, -0.05) is 24.3 Å². The second-order valence-corrected chi connectivity index (χ2v) is 6.99. The monoisotopic (exact) mass is 348 g/mol. The molecule has 1 aliphatic carbocycles. The highest BCUT2D eigenvalue weighted by Gasteiger charge is 2.17. The van der Waals surface area contributed by atoms with Gasteiger partial charge in [0, 0.05) is 23.3 Å². The molecule has 0 unspecified atom stereocenters. The predicted octanol–water partition coefficient (Wildman–Crippen LogP) is 4.57. The van der Waals surface area contributed by atoms with E-state index in [9.17, 15) is 10.2 Å². The van der Waals surface area contributed by atoms with Crippen LogP contribution in [0, 0.1) is 0 Å². The molecular weight excluding hydrogens is 324 g/mol. The van der Waals surface area contributed by atoms with E-state index in [1.807, 2.05) is 12.1 Å². The van der Waals surface area contributed by atoms with E-state index in [0.29, 0.717) is 0 Å². The van der Waals surface area contributed by atoms with Crippen molar-refractivity contribution >= 4 is 16.6 Å². The topological polar surface area (TPSA) is 65.4 Å². The molecule has 4 rings (SSSR count). The molecule has 0 radical (unpaired) electrons. The Hall–Kier alpha value is -2.75. The van der Waals surface area contributed by atoms with Crippen LogP contribution in [0.5, 0.6) is 11.5 Å². The smallest absolute Gasteiger partial charge is 0.157 e. The maximum Gasteiger partial charge on any atom is 0.157 e. The lowest BCUT2D eigenvalue weighted by atomic mass is 9.92.